The summed E-state index contributed by atoms with van der Waals surface area (Å²) in [6.45, 7) is 0.909. The topological polar surface area (TPSA) is 47.0 Å². The van der Waals surface area contributed by atoms with E-state index in [0.29, 0.717) is 24.7 Å². The van der Waals surface area contributed by atoms with Gasteiger partial charge in [-0.25, -0.2) is 0 Å². The number of benzene rings is 3. The lowest BCUT2D eigenvalue weighted by Gasteiger charge is -2.20. The molecule has 0 saturated carbocycles. The van der Waals surface area contributed by atoms with Gasteiger partial charge in [0.1, 0.15) is 13.2 Å². The van der Waals surface area contributed by atoms with Crippen LogP contribution in [0.25, 0.3) is 0 Å². The van der Waals surface area contributed by atoms with E-state index in [1.54, 1.807) is 6.20 Å². The first-order chi connectivity index (χ1) is 16.8. The number of ether oxygens (including phenoxy) is 2. The largest absolute Gasteiger partial charge is 0.485 e. The molecule has 34 heavy (non-hydrogen) atoms. The fraction of sp³-hybridized carbons (Fsp3) is 0.172. The Morgan fingerprint density at radius 3 is 1.94 bits per heavy atom. The molecule has 3 aromatic carbocycles. The van der Waals surface area contributed by atoms with Crippen LogP contribution in [0.1, 0.15) is 34.8 Å². The summed E-state index contributed by atoms with van der Waals surface area (Å²) in [5, 5.41) is 6.76. The molecule has 1 atom stereocenters. The molecule has 0 fully saturated rings. The van der Waals surface area contributed by atoms with Crippen LogP contribution in [0, 0.1) is 0 Å². The normalized spacial score (nSPS) is 15.1. The molecule has 0 spiro atoms. The van der Waals surface area contributed by atoms with Gasteiger partial charge in [0.15, 0.2) is 11.5 Å². The number of pyridine rings is 1. The Balaban J connectivity index is 1.37. The third-order valence-corrected chi connectivity index (χ3v) is 5.89. The van der Waals surface area contributed by atoms with Crippen molar-refractivity contribution in [3.05, 3.63) is 126 Å². The molecular formula is C29H27N3O2. The molecule has 0 aliphatic carbocycles. The average Bonchev–Trinajstić information content (AvgIpc) is 3.30. The summed E-state index contributed by atoms with van der Waals surface area (Å²) >= 11 is 0. The molecule has 0 saturated heterocycles. The second-order valence-corrected chi connectivity index (χ2v) is 8.31. The summed E-state index contributed by atoms with van der Waals surface area (Å²) in [7, 11) is 1.99. The smallest absolute Gasteiger partial charge is 0.179 e. The van der Waals surface area contributed by atoms with Crippen LogP contribution in [0.2, 0.25) is 0 Å². The third kappa shape index (κ3) is 5.09. The Labute approximate surface area is 200 Å². The fourth-order valence-electron chi connectivity index (χ4n) is 4.03. The molecule has 1 aliphatic heterocycles. The molecule has 5 heteroatoms. The van der Waals surface area contributed by atoms with Crippen molar-refractivity contribution in [3.8, 4) is 11.5 Å². The van der Waals surface area contributed by atoms with Crippen LogP contribution in [-0.4, -0.2) is 22.8 Å². The molecule has 0 amide bonds. The van der Waals surface area contributed by atoms with Gasteiger partial charge in [-0.15, -0.1) is 0 Å². The first kappa shape index (κ1) is 21.7. The molecule has 1 aromatic heterocycles. The molecule has 1 aliphatic rings. The van der Waals surface area contributed by atoms with Gasteiger partial charge in [0.2, 0.25) is 0 Å². The Kier molecular flexibility index (Phi) is 6.52. The number of hydrazone groups is 1. The summed E-state index contributed by atoms with van der Waals surface area (Å²) in [4.78, 5) is 4.75. The maximum atomic E-state index is 6.24. The van der Waals surface area contributed by atoms with Crippen LogP contribution in [0.3, 0.4) is 0 Å². The third-order valence-electron chi connectivity index (χ3n) is 5.89. The molecule has 0 radical (unpaired) electrons. The summed E-state index contributed by atoms with van der Waals surface area (Å²) < 4.78 is 12.4. The predicted molar refractivity (Wildman–Crippen MR) is 134 cm³/mol. The lowest BCUT2D eigenvalue weighted by Crippen LogP contribution is -2.15. The molecule has 0 bridgehead atoms. The summed E-state index contributed by atoms with van der Waals surface area (Å²) in [5.41, 5.74) is 5.30. The molecule has 170 valence electrons. The van der Waals surface area contributed by atoms with Gasteiger partial charge in [-0.2, -0.15) is 5.10 Å². The van der Waals surface area contributed by atoms with Gasteiger partial charge in [0.25, 0.3) is 0 Å². The minimum absolute atomic E-state index is 0.0393. The highest BCUT2D eigenvalue weighted by Gasteiger charge is 2.28. The molecule has 0 N–H and O–H groups in total. The lowest BCUT2D eigenvalue weighted by atomic mass is 10.0. The van der Waals surface area contributed by atoms with Gasteiger partial charge in [0.05, 0.1) is 23.6 Å². The van der Waals surface area contributed by atoms with Gasteiger partial charge in [0, 0.05) is 19.5 Å². The van der Waals surface area contributed by atoms with E-state index in [0.717, 1.165) is 34.5 Å². The number of aromatic nitrogens is 1. The van der Waals surface area contributed by atoms with Crippen molar-refractivity contribution in [2.24, 2.45) is 5.10 Å². The number of hydrogen-bond donors (Lipinski definition) is 0. The molecule has 5 nitrogen and oxygen atoms in total. The molecule has 2 heterocycles. The second-order valence-electron chi connectivity index (χ2n) is 8.31. The first-order valence-corrected chi connectivity index (χ1v) is 11.5. The van der Waals surface area contributed by atoms with Crippen LogP contribution in [-0.2, 0) is 13.2 Å². The fourth-order valence-corrected chi connectivity index (χ4v) is 4.03. The van der Waals surface area contributed by atoms with Crippen LogP contribution < -0.4 is 9.47 Å². The van der Waals surface area contributed by atoms with Gasteiger partial charge in [-0.1, -0.05) is 91.0 Å². The second kappa shape index (κ2) is 10.2. The Morgan fingerprint density at radius 2 is 1.32 bits per heavy atom. The summed E-state index contributed by atoms with van der Waals surface area (Å²) in [6.07, 6.45) is 2.56. The van der Waals surface area contributed by atoms with E-state index in [9.17, 15) is 0 Å². The molecule has 1 unspecified atom stereocenters. The van der Waals surface area contributed by atoms with E-state index >= 15 is 0 Å². The van der Waals surface area contributed by atoms with E-state index in [2.05, 4.69) is 24.3 Å². The molecule has 5 rings (SSSR count). The minimum atomic E-state index is 0.0393. The number of hydrogen-bond acceptors (Lipinski definition) is 5. The van der Waals surface area contributed by atoms with Crippen molar-refractivity contribution < 1.29 is 9.47 Å². The van der Waals surface area contributed by atoms with Gasteiger partial charge >= 0.3 is 0 Å². The highest BCUT2D eigenvalue weighted by atomic mass is 16.5. The zero-order chi connectivity index (χ0) is 23.2. The van der Waals surface area contributed by atoms with E-state index in [1.807, 2.05) is 84.9 Å². The van der Waals surface area contributed by atoms with E-state index in [-0.39, 0.29) is 6.04 Å². The molecule has 4 aromatic rings. The quantitative estimate of drug-likeness (QED) is 0.330. The summed E-state index contributed by atoms with van der Waals surface area (Å²) in [5.74, 6) is 1.32. The minimum Gasteiger partial charge on any atom is -0.485 e. The molecular weight excluding hydrogens is 422 g/mol. The van der Waals surface area contributed by atoms with Crippen molar-refractivity contribution in [2.75, 3.05) is 7.05 Å². The van der Waals surface area contributed by atoms with Crippen molar-refractivity contribution >= 4 is 5.71 Å². The van der Waals surface area contributed by atoms with Crippen LogP contribution in [0.5, 0.6) is 11.5 Å². The van der Waals surface area contributed by atoms with Crippen LogP contribution in [0.15, 0.2) is 108 Å². The Hall–Kier alpha value is -4.12. The van der Waals surface area contributed by atoms with Gasteiger partial charge < -0.3 is 9.47 Å². The maximum Gasteiger partial charge on any atom is 0.179 e. The van der Waals surface area contributed by atoms with Gasteiger partial charge in [-0.3, -0.25) is 9.99 Å². The zero-order valence-corrected chi connectivity index (χ0v) is 19.2. The standard InChI is InChI=1S/C29H27N3O2/c1-32-27(17-25(31-32)24-15-9-4-10-16-24)26-18-28(33-20-22-11-5-2-6-12-22)29(19-30-26)34-21-23-13-7-3-8-14-23/h2-16,18-19,27H,17,20-21H2,1H3. The number of rotatable bonds is 8. The summed E-state index contributed by atoms with van der Waals surface area (Å²) in [6, 6.07) is 32.6. The first-order valence-electron chi connectivity index (χ1n) is 11.5. The van der Waals surface area contributed by atoms with Crippen molar-refractivity contribution in [1.82, 2.24) is 9.99 Å². The lowest BCUT2D eigenvalue weighted by molar-refractivity contribution is 0.250. The van der Waals surface area contributed by atoms with Crippen molar-refractivity contribution in [3.63, 3.8) is 0 Å². The van der Waals surface area contributed by atoms with E-state index in [4.69, 9.17) is 19.6 Å². The van der Waals surface area contributed by atoms with Crippen LogP contribution >= 0.6 is 0 Å². The predicted octanol–water partition coefficient (Wildman–Crippen LogP) is 6.02. The average molecular weight is 450 g/mol. The zero-order valence-electron chi connectivity index (χ0n) is 19.2. The monoisotopic (exact) mass is 449 g/mol. The van der Waals surface area contributed by atoms with Crippen LogP contribution in [0.4, 0.5) is 0 Å². The Bertz CT molecular complexity index is 1240. The highest BCUT2D eigenvalue weighted by molar-refractivity contribution is 6.01. The Morgan fingerprint density at radius 1 is 0.765 bits per heavy atom. The van der Waals surface area contributed by atoms with E-state index < -0.39 is 0 Å². The van der Waals surface area contributed by atoms with Gasteiger partial charge in [-0.05, 0) is 16.7 Å². The number of nitrogens with zero attached hydrogens (tertiary/aromatic N) is 3. The SMILES string of the molecule is CN1N=C(c2ccccc2)CC1c1cc(OCc2ccccc2)c(OCc2ccccc2)cn1. The van der Waals surface area contributed by atoms with E-state index in [1.165, 1.54) is 0 Å². The van der Waals surface area contributed by atoms with Crippen molar-refractivity contribution in [1.29, 1.82) is 0 Å². The van der Waals surface area contributed by atoms with Crippen molar-refractivity contribution in [2.45, 2.75) is 25.7 Å². The highest BCUT2D eigenvalue weighted by Crippen LogP contribution is 2.35. The maximum absolute atomic E-state index is 6.24.